The smallest absolute Gasteiger partial charge is 0.281 e. The van der Waals surface area contributed by atoms with E-state index < -0.39 is 10.2 Å². The largest absolute Gasteiger partial charge is 0.437 e. The van der Waals surface area contributed by atoms with Crippen molar-refractivity contribution in [1.82, 2.24) is 33.5 Å². The number of hydrogen-bond acceptors (Lipinski definition) is 7. The average Bonchev–Trinajstić information content (AvgIpc) is 3.55. The standard InChI is InChI=1S/C22H27BrClN7O3S/c1-28(2)35(32,33)30-9-7-29(8-10-30)14-16-11-17(24)12-25-22(16)34-19-6-5-18-21(20(19)23)26-27-31(18)13-15-3-4-15/h5-6,11-12,15H,3-4,7-10,13-14H2,1-2H3. The van der Waals surface area contributed by atoms with Crippen molar-refractivity contribution in [2.24, 2.45) is 5.92 Å². The summed E-state index contributed by atoms with van der Waals surface area (Å²) in [5, 5.41) is 9.18. The van der Waals surface area contributed by atoms with E-state index in [4.69, 9.17) is 16.3 Å². The van der Waals surface area contributed by atoms with Crippen molar-refractivity contribution in [3.8, 4) is 11.6 Å². The van der Waals surface area contributed by atoms with Crippen molar-refractivity contribution in [2.45, 2.75) is 25.9 Å². The Labute approximate surface area is 218 Å². The Kier molecular flexibility index (Phi) is 7.03. The molecule has 0 bridgehead atoms. The zero-order chi connectivity index (χ0) is 24.7. The molecule has 5 rings (SSSR count). The predicted molar refractivity (Wildman–Crippen MR) is 137 cm³/mol. The highest BCUT2D eigenvalue weighted by molar-refractivity contribution is 9.10. The normalized spacial score (nSPS) is 18.0. The minimum absolute atomic E-state index is 0.420. The van der Waals surface area contributed by atoms with Gasteiger partial charge in [0.15, 0.2) is 0 Å². The fourth-order valence-electron chi connectivity index (χ4n) is 4.11. The molecule has 35 heavy (non-hydrogen) atoms. The van der Waals surface area contributed by atoms with E-state index in [0.717, 1.165) is 27.6 Å². The molecular formula is C22H27BrClN7O3S. The van der Waals surface area contributed by atoms with E-state index in [1.165, 1.54) is 21.5 Å². The lowest BCUT2D eigenvalue weighted by atomic mass is 10.2. The summed E-state index contributed by atoms with van der Waals surface area (Å²) in [6.07, 6.45) is 4.05. The average molecular weight is 585 g/mol. The second-order valence-corrected chi connectivity index (χ2v) is 12.5. The van der Waals surface area contributed by atoms with Gasteiger partial charge in [0.2, 0.25) is 5.88 Å². The summed E-state index contributed by atoms with van der Waals surface area (Å²) >= 11 is 9.89. The molecule has 2 fully saturated rings. The van der Waals surface area contributed by atoms with Gasteiger partial charge in [0.1, 0.15) is 11.3 Å². The minimum atomic E-state index is -3.41. The molecule has 3 heterocycles. The van der Waals surface area contributed by atoms with E-state index in [2.05, 4.69) is 36.1 Å². The van der Waals surface area contributed by atoms with Gasteiger partial charge in [-0.05, 0) is 52.9 Å². The van der Waals surface area contributed by atoms with E-state index in [9.17, 15) is 8.42 Å². The summed E-state index contributed by atoms with van der Waals surface area (Å²) < 4.78 is 36.4. The number of hydrogen-bond donors (Lipinski definition) is 0. The topological polar surface area (TPSA) is 96.7 Å². The Hall–Kier alpha value is -1.83. The number of aromatic nitrogens is 4. The van der Waals surface area contributed by atoms with Crippen LogP contribution < -0.4 is 4.74 Å². The summed E-state index contributed by atoms with van der Waals surface area (Å²) in [7, 11) is -0.317. The van der Waals surface area contributed by atoms with Gasteiger partial charge in [-0.25, -0.2) is 9.67 Å². The molecule has 0 atom stereocenters. The maximum Gasteiger partial charge on any atom is 0.281 e. The van der Waals surface area contributed by atoms with Crippen LogP contribution in [0, 0.1) is 5.92 Å². The minimum Gasteiger partial charge on any atom is -0.437 e. The monoisotopic (exact) mass is 583 g/mol. The van der Waals surface area contributed by atoms with Crippen LogP contribution in [0.4, 0.5) is 0 Å². The van der Waals surface area contributed by atoms with Gasteiger partial charge in [0.25, 0.3) is 10.2 Å². The number of halogens is 2. The lowest BCUT2D eigenvalue weighted by molar-refractivity contribution is 0.176. The first-order valence-corrected chi connectivity index (χ1v) is 14.0. The van der Waals surface area contributed by atoms with Crippen LogP contribution in [0.2, 0.25) is 5.02 Å². The number of pyridine rings is 1. The Morgan fingerprint density at radius 3 is 2.63 bits per heavy atom. The molecule has 2 aromatic heterocycles. The highest BCUT2D eigenvalue weighted by Crippen LogP contribution is 2.37. The lowest BCUT2D eigenvalue weighted by Gasteiger charge is -2.35. The predicted octanol–water partition coefficient (Wildman–Crippen LogP) is 3.37. The maximum atomic E-state index is 12.4. The van der Waals surface area contributed by atoms with Gasteiger partial charge in [-0.3, -0.25) is 4.90 Å². The van der Waals surface area contributed by atoms with Crippen molar-refractivity contribution >= 4 is 48.8 Å². The van der Waals surface area contributed by atoms with E-state index in [0.29, 0.717) is 55.3 Å². The van der Waals surface area contributed by atoms with E-state index in [-0.39, 0.29) is 0 Å². The summed E-state index contributed by atoms with van der Waals surface area (Å²) in [6, 6.07) is 5.70. The second-order valence-electron chi connectivity index (χ2n) is 9.15. The van der Waals surface area contributed by atoms with Crippen LogP contribution in [0.25, 0.3) is 11.0 Å². The van der Waals surface area contributed by atoms with Crippen LogP contribution >= 0.6 is 27.5 Å². The SMILES string of the molecule is CN(C)S(=O)(=O)N1CCN(Cc2cc(Cl)cnc2Oc2ccc3c(nnn3CC3CC3)c2Br)CC1. The van der Waals surface area contributed by atoms with Gasteiger partial charge < -0.3 is 4.74 Å². The lowest BCUT2D eigenvalue weighted by Crippen LogP contribution is -2.51. The number of fused-ring (bicyclic) bond motifs is 1. The summed E-state index contributed by atoms with van der Waals surface area (Å²) in [5.74, 6) is 1.73. The molecule has 10 nitrogen and oxygen atoms in total. The Balaban J connectivity index is 1.32. The fraction of sp³-hybridized carbons (Fsp3) is 0.500. The van der Waals surface area contributed by atoms with Gasteiger partial charge in [-0.15, -0.1) is 5.10 Å². The molecule has 0 radical (unpaired) electrons. The van der Waals surface area contributed by atoms with Crippen LogP contribution in [0.1, 0.15) is 18.4 Å². The third-order valence-corrected chi connectivity index (χ3v) is 9.24. The third-order valence-electron chi connectivity index (χ3n) is 6.33. The van der Waals surface area contributed by atoms with E-state index in [1.54, 1.807) is 20.3 Å². The summed E-state index contributed by atoms with van der Waals surface area (Å²) in [4.78, 5) is 6.60. The molecule has 1 aliphatic carbocycles. The van der Waals surface area contributed by atoms with Crippen molar-refractivity contribution in [2.75, 3.05) is 40.3 Å². The van der Waals surface area contributed by atoms with E-state index in [1.807, 2.05) is 22.9 Å². The number of rotatable bonds is 8. The van der Waals surface area contributed by atoms with Crippen LogP contribution in [-0.2, 0) is 23.3 Å². The molecule has 2 aliphatic rings. The first-order chi connectivity index (χ1) is 16.7. The van der Waals surface area contributed by atoms with Gasteiger partial charge in [-0.1, -0.05) is 16.8 Å². The summed E-state index contributed by atoms with van der Waals surface area (Å²) in [6.45, 7) is 3.45. The van der Waals surface area contributed by atoms with Gasteiger partial charge in [0.05, 0.1) is 15.0 Å². The van der Waals surface area contributed by atoms with Crippen molar-refractivity contribution in [3.05, 3.63) is 39.5 Å². The Bertz CT molecular complexity index is 1340. The second kappa shape index (κ2) is 9.91. The van der Waals surface area contributed by atoms with E-state index >= 15 is 0 Å². The van der Waals surface area contributed by atoms with Gasteiger partial charge >= 0.3 is 0 Å². The highest BCUT2D eigenvalue weighted by atomic mass is 79.9. The third kappa shape index (κ3) is 5.32. The molecular weight excluding hydrogens is 558 g/mol. The number of ether oxygens (including phenoxy) is 1. The molecule has 0 N–H and O–H groups in total. The fourth-order valence-corrected chi connectivity index (χ4v) is 5.88. The molecule has 0 amide bonds. The molecule has 0 spiro atoms. The highest BCUT2D eigenvalue weighted by Gasteiger charge is 2.29. The van der Waals surface area contributed by atoms with Gasteiger partial charge in [-0.2, -0.15) is 17.0 Å². The molecule has 1 saturated carbocycles. The van der Waals surface area contributed by atoms with Crippen LogP contribution in [0.15, 0.2) is 28.9 Å². The molecule has 188 valence electrons. The molecule has 0 unspecified atom stereocenters. The maximum absolute atomic E-state index is 12.4. The molecule has 13 heteroatoms. The van der Waals surface area contributed by atoms with Crippen LogP contribution in [-0.4, -0.2) is 82.2 Å². The van der Waals surface area contributed by atoms with Crippen LogP contribution in [0.5, 0.6) is 11.6 Å². The summed E-state index contributed by atoms with van der Waals surface area (Å²) in [5.41, 5.74) is 2.54. The Morgan fingerprint density at radius 1 is 1.20 bits per heavy atom. The van der Waals surface area contributed by atoms with Crippen LogP contribution in [0.3, 0.4) is 0 Å². The number of nitrogens with zero attached hydrogens (tertiary/aromatic N) is 7. The quantitative estimate of drug-likeness (QED) is 0.401. The van der Waals surface area contributed by atoms with Crippen molar-refractivity contribution < 1.29 is 13.2 Å². The molecule has 1 saturated heterocycles. The van der Waals surface area contributed by atoms with Gasteiger partial charge in [0, 0.05) is 65.1 Å². The number of piperazine rings is 1. The zero-order valence-corrected chi connectivity index (χ0v) is 22.7. The molecule has 1 aliphatic heterocycles. The zero-order valence-electron chi connectivity index (χ0n) is 19.6. The Morgan fingerprint density at radius 2 is 1.94 bits per heavy atom. The first kappa shape index (κ1) is 24.8. The molecule has 1 aromatic carbocycles. The molecule has 3 aromatic rings. The van der Waals surface area contributed by atoms with Crippen molar-refractivity contribution in [1.29, 1.82) is 0 Å². The van der Waals surface area contributed by atoms with Crippen molar-refractivity contribution in [3.63, 3.8) is 0 Å². The number of benzene rings is 1. The first-order valence-electron chi connectivity index (χ1n) is 11.5.